The maximum Gasteiger partial charge on any atom is 0.274 e. The number of hydrogen-bond donors (Lipinski definition) is 3. The van der Waals surface area contributed by atoms with Crippen molar-refractivity contribution in [2.45, 2.75) is 6.42 Å². The predicted molar refractivity (Wildman–Crippen MR) is 143 cm³/mol. The number of methoxy groups -OCH3 is 1. The van der Waals surface area contributed by atoms with Crippen molar-refractivity contribution in [3.63, 3.8) is 0 Å². The number of nitrogens with one attached hydrogen (secondary N) is 2. The van der Waals surface area contributed by atoms with Gasteiger partial charge in [-0.2, -0.15) is 0 Å². The van der Waals surface area contributed by atoms with Gasteiger partial charge in [0, 0.05) is 17.5 Å². The van der Waals surface area contributed by atoms with Crippen LogP contribution in [-0.4, -0.2) is 37.9 Å². The molecule has 6 heteroatoms. The van der Waals surface area contributed by atoms with Gasteiger partial charge in [0.2, 0.25) is 0 Å². The molecule has 36 heavy (non-hydrogen) atoms. The second-order valence-corrected chi connectivity index (χ2v) is 8.41. The van der Waals surface area contributed by atoms with Crippen LogP contribution >= 0.6 is 0 Å². The molecule has 4 rings (SSSR count). The second-order valence-electron chi connectivity index (χ2n) is 8.41. The first-order valence-electron chi connectivity index (χ1n) is 11.8. The Morgan fingerprint density at radius 1 is 0.917 bits per heavy atom. The van der Waals surface area contributed by atoms with Gasteiger partial charge in [-0.3, -0.25) is 10.0 Å². The van der Waals surface area contributed by atoms with Crippen molar-refractivity contribution in [2.75, 3.05) is 26.8 Å². The van der Waals surface area contributed by atoms with Gasteiger partial charge in [0.25, 0.3) is 5.91 Å². The Hall–Kier alpha value is -4.13. The van der Waals surface area contributed by atoms with Gasteiger partial charge >= 0.3 is 0 Å². The summed E-state index contributed by atoms with van der Waals surface area (Å²) in [5.41, 5.74) is 5.29. The number of ether oxygens (including phenoxy) is 2. The second kappa shape index (κ2) is 12.5. The Morgan fingerprint density at radius 3 is 2.42 bits per heavy atom. The molecule has 3 N–H and O–H groups in total. The Morgan fingerprint density at radius 2 is 1.67 bits per heavy atom. The van der Waals surface area contributed by atoms with Gasteiger partial charge < -0.3 is 14.8 Å². The zero-order valence-electron chi connectivity index (χ0n) is 20.2. The summed E-state index contributed by atoms with van der Waals surface area (Å²) in [4.78, 5) is 11.6. The van der Waals surface area contributed by atoms with E-state index < -0.39 is 5.91 Å². The number of hydrogen-bond acceptors (Lipinski definition) is 5. The van der Waals surface area contributed by atoms with Crippen LogP contribution < -0.4 is 20.3 Å². The number of carbonyl (C=O) groups is 1. The van der Waals surface area contributed by atoms with Crippen LogP contribution in [0, 0.1) is 0 Å². The van der Waals surface area contributed by atoms with E-state index in [9.17, 15) is 4.79 Å². The van der Waals surface area contributed by atoms with Crippen LogP contribution in [0.4, 0.5) is 0 Å². The van der Waals surface area contributed by atoms with Crippen molar-refractivity contribution >= 4 is 22.8 Å². The highest BCUT2D eigenvalue weighted by Gasteiger charge is 2.06. The van der Waals surface area contributed by atoms with Gasteiger partial charge in [0.15, 0.2) is 0 Å². The van der Waals surface area contributed by atoms with Crippen molar-refractivity contribution in [1.82, 2.24) is 10.8 Å². The summed E-state index contributed by atoms with van der Waals surface area (Å²) in [6.45, 7) is 1.88. The van der Waals surface area contributed by atoms with E-state index in [1.165, 1.54) is 5.56 Å². The minimum Gasteiger partial charge on any atom is -0.497 e. The highest BCUT2D eigenvalue weighted by molar-refractivity contribution is 5.93. The van der Waals surface area contributed by atoms with Gasteiger partial charge in [-0.1, -0.05) is 66.7 Å². The zero-order valence-corrected chi connectivity index (χ0v) is 20.2. The van der Waals surface area contributed by atoms with Crippen molar-refractivity contribution in [3.05, 3.63) is 113 Å². The maximum atomic E-state index is 11.6. The van der Waals surface area contributed by atoms with Crippen LogP contribution in [0.15, 0.2) is 96.6 Å². The normalized spacial score (nSPS) is 11.3. The molecule has 0 atom stereocenters. The lowest BCUT2D eigenvalue weighted by molar-refractivity contribution is 0.0706. The van der Waals surface area contributed by atoms with E-state index >= 15 is 0 Å². The van der Waals surface area contributed by atoms with Gasteiger partial charge in [0.05, 0.1) is 7.11 Å². The van der Waals surface area contributed by atoms with E-state index in [1.54, 1.807) is 24.7 Å². The Bertz CT molecular complexity index is 1310. The summed E-state index contributed by atoms with van der Waals surface area (Å²) in [5, 5.41) is 14.6. The van der Waals surface area contributed by atoms with Crippen LogP contribution in [0.2, 0.25) is 0 Å². The van der Waals surface area contributed by atoms with Gasteiger partial charge in [-0.25, -0.2) is 5.48 Å². The van der Waals surface area contributed by atoms with E-state index in [0.717, 1.165) is 46.4 Å². The Balaban J connectivity index is 1.45. The van der Waals surface area contributed by atoms with Crippen LogP contribution in [0.5, 0.6) is 11.5 Å². The monoisotopic (exact) mass is 482 g/mol. The van der Waals surface area contributed by atoms with Crippen molar-refractivity contribution in [3.8, 4) is 11.5 Å². The van der Waals surface area contributed by atoms with Crippen molar-refractivity contribution in [1.29, 1.82) is 0 Å². The lowest BCUT2D eigenvalue weighted by atomic mass is 10.1. The summed E-state index contributed by atoms with van der Waals surface area (Å²) in [7, 11) is 1.67. The third-order valence-electron chi connectivity index (χ3n) is 5.91. The Labute approximate surface area is 211 Å². The van der Waals surface area contributed by atoms with Gasteiger partial charge in [0.1, 0.15) is 18.1 Å². The first-order chi connectivity index (χ1) is 17.7. The molecule has 0 bridgehead atoms. The molecule has 4 aromatic rings. The molecule has 0 saturated carbocycles. The zero-order chi connectivity index (χ0) is 25.2. The molecule has 0 aliphatic heterocycles. The summed E-state index contributed by atoms with van der Waals surface area (Å²) in [6, 6.07) is 29.4. The van der Waals surface area contributed by atoms with Crippen molar-refractivity contribution in [2.24, 2.45) is 0 Å². The molecule has 4 aromatic carbocycles. The molecule has 0 aliphatic carbocycles. The maximum absolute atomic E-state index is 11.6. The van der Waals surface area contributed by atoms with Crippen molar-refractivity contribution < 1.29 is 19.5 Å². The largest absolute Gasteiger partial charge is 0.497 e. The topological polar surface area (TPSA) is 79.8 Å². The number of amides is 1. The first-order valence-corrected chi connectivity index (χ1v) is 11.8. The molecule has 0 saturated heterocycles. The predicted octanol–water partition coefficient (Wildman–Crippen LogP) is 5.26. The average molecular weight is 483 g/mol. The standard InChI is InChI=1S/C30H30N2O4/c1-35-27-15-11-22(12-16-27)17-18-31-20-24(19-23-9-13-26(14-10-23)30(33)32-34)21-36-29-8-4-6-25-5-2-3-7-28(25)29/h2-16,19,31,34H,17-18,20-21H2,1H3,(H,32,33)/b24-19-. The van der Waals surface area contributed by atoms with Crippen LogP contribution in [0.3, 0.4) is 0 Å². The van der Waals surface area contributed by atoms with E-state index in [-0.39, 0.29) is 0 Å². The number of benzene rings is 4. The van der Waals surface area contributed by atoms with Gasteiger partial charge in [-0.05, 0) is 65.4 Å². The third kappa shape index (κ3) is 6.72. The molecular weight excluding hydrogens is 452 g/mol. The fraction of sp³-hybridized carbons (Fsp3) is 0.167. The lowest BCUT2D eigenvalue weighted by Gasteiger charge is -2.14. The number of rotatable bonds is 11. The lowest BCUT2D eigenvalue weighted by Crippen LogP contribution is -2.22. The minimum absolute atomic E-state index is 0.390. The SMILES string of the molecule is COc1ccc(CCNC/C(=C/c2ccc(C(=O)NO)cc2)COc2cccc3ccccc23)cc1. The molecule has 0 spiro atoms. The molecule has 0 unspecified atom stereocenters. The number of fused-ring (bicyclic) bond motifs is 1. The van der Waals surface area contributed by atoms with E-state index in [1.807, 2.05) is 48.5 Å². The molecule has 6 nitrogen and oxygen atoms in total. The average Bonchev–Trinajstić information content (AvgIpc) is 2.94. The van der Waals surface area contributed by atoms with Crippen LogP contribution in [0.1, 0.15) is 21.5 Å². The molecule has 0 aliphatic rings. The number of hydroxylamine groups is 1. The van der Waals surface area contributed by atoms with Gasteiger partial charge in [-0.15, -0.1) is 0 Å². The summed E-state index contributed by atoms with van der Waals surface area (Å²) in [6.07, 6.45) is 2.96. The quantitative estimate of drug-likeness (QED) is 0.154. The highest BCUT2D eigenvalue weighted by Crippen LogP contribution is 2.25. The summed E-state index contributed by atoms with van der Waals surface area (Å²) >= 11 is 0. The Kier molecular flexibility index (Phi) is 8.70. The fourth-order valence-corrected chi connectivity index (χ4v) is 3.94. The summed E-state index contributed by atoms with van der Waals surface area (Å²) in [5.74, 6) is 1.16. The molecular formula is C30H30N2O4. The molecule has 0 radical (unpaired) electrons. The van der Waals surface area contributed by atoms with Crippen LogP contribution in [0.25, 0.3) is 16.8 Å². The molecule has 184 valence electrons. The van der Waals surface area contributed by atoms with E-state index in [2.05, 4.69) is 41.7 Å². The third-order valence-corrected chi connectivity index (χ3v) is 5.91. The number of carbonyl (C=O) groups excluding carboxylic acids is 1. The molecule has 0 aromatic heterocycles. The molecule has 1 amide bonds. The molecule has 0 fully saturated rings. The summed E-state index contributed by atoms with van der Waals surface area (Å²) < 4.78 is 11.5. The smallest absolute Gasteiger partial charge is 0.274 e. The first kappa shape index (κ1) is 25.0. The van der Waals surface area contributed by atoms with Crippen LogP contribution in [-0.2, 0) is 6.42 Å². The van der Waals surface area contributed by atoms with E-state index in [0.29, 0.717) is 18.7 Å². The van der Waals surface area contributed by atoms with E-state index in [4.69, 9.17) is 14.7 Å². The fourth-order valence-electron chi connectivity index (χ4n) is 3.94. The minimum atomic E-state index is -0.537. The molecule has 0 heterocycles. The highest BCUT2D eigenvalue weighted by atomic mass is 16.5.